The monoisotopic (exact) mass is 338 g/mol. The maximum Gasteiger partial charge on any atom is 0.251 e. The number of nitrogens with zero attached hydrogens (tertiary/aromatic N) is 1. The second-order valence-electron chi connectivity index (χ2n) is 7.26. The number of benzene rings is 1. The molecule has 1 aromatic heterocycles. The molecule has 25 heavy (non-hydrogen) atoms. The molecule has 0 bridgehead atoms. The van der Waals surface area contributed by atoms with Crippen LogP contribution in [0.25, 0.3) is 0 Å². The zero-order valence-corrected chi connectivity index (χ0v) is 15.0. The van der Waals surface area contributed by atoms with Crippen molar-refractivity contribution in [3.8, 4) is 0 Å². The molecule has 2 aromatic rings. The predicted octanol–water partition coefficient (Wildman–Crippen LogP) is 3.33. The lowest BCUT2D eigenvalue weighted by atomic mass is 9.69. The van der Waals surface area contributed by atoms with Crippen molar-refractivity contribution in [3.05, 3.63) is 69.6 Å². The van der Waals surface area contributed by atoms with Gasteiger partial charge in [-0.25, -0.2) is 0 Å². The number of aryl methyl sites for hydroxylation is 2. The predicted molar refractivity (Wildman–Crippen MR) is 100.0 cm³/mol. The average molecular weight is 338 g/mol. The molecule has 1 aliphatic carbocycles. The molecule has 1 N–H and O–H groups in total. The summed E-state index contributed by atoms with van der Waals surface area (Å²) < 4.78 is 1.46. The van der Waals surface area contributed by atoms with Gasteiger partial charge >= 0.3 is 0 Å². The Labute approximate surface area is 148 Å². The fourth-order valence-corrected chi connectivity index (χ4v) is 3.81. The van der Waals surface area contributed by atoms with Crippen molar-refractivity contribution in [3.63, 3.8) is 0 Å². The van der Waals surface area contributed by atoms with Crippen molar-refractivity contribution in [1.82, 2.24) is 9.88 Å². The Morgan fingerprint density at radius 3 is 2.60 bits per heavy atom. The van der Waals surface area contributed by atoms with Gasteiger partial charge in [-0.3, -0.25) is 9.59 Å². The molecule has 0 atom stereocenters. The Morgan fingerprint density at radius 2 is 1.92 bits per heavy atom. The summed E-state index contributed by atoms with van der Waals surface area (Å²) in [5.74, 6) is -0.171. The van der Waals surface area contributed by atoms with Crippen LogP contribution in [0.15, 0.2) is 47.4 Å². The lowest BCUT2D eigenvalue weighted by Gasteiger charge is -2.38. The SMILES string of the molecule is Cc1cccc(C2(CNC(=O)c3ccn(C)c(=O)c3)CCCCC2)c1. The Morgan fingerprint density at radius 1 is 1.16 bits per heavy atom. The van der Waals surface area contributed by atoms with E-state index in [1.807, 2.05) is 0 Å². The molecule has 0 radical (unpaired) electrons. The molecule has 1 fully saturated rings. The number of amides is 1. The van der Waals surface area contributed by atoms with E-state index in [0.29, 0.717) is 12.1 Å². The van der Waals surface area contributed by atoms with Gasteiger partial charge in [-0.2, -0.15) is 0 Å². The lowest BCUT2D eigenvalue weighted by Crippen LogP contribution is -2.42. The van der Waals surface area contributed by atoms with Gasteiger partial charge in [0.2, 0.25) is 0 Å². The van der Waals surface area contributed by atoms with Gasteiger partial charge < -0.3 is 9.88 Å². The largest absolute Gasteiger partial charge is 0.351 e. The molecule has 1 amide bonds. The molecule has 132 valence electrons. The van der Waals surface area contributed by atoms with E-state index in [9.17, 15) is 9.59 Å². The summed E-state index contributed by atoms with van der Waals surface area (Å²) in [6.07, 6.45) is 7.45. The first kappa shape index (κ1) is 17.5. The van der Waals surface area contributed by atoms with Gasteiger partial charge in [0.05, 0.1) is 0 Å². The van der Waals surface area contributed by atoms with Crippen LogP contribution in [0.1, 0.15) is 53.6 Å². The van der Waals surface area contributed by atoms with Gasteiger partial charge in [0.1, 0.15) is 0 Å². The van der Waals surface area contributed by atoms with Crippen molar-refractivity contribution in [1.29, 1.82) is 0 Å². The van der Waals surface area contributed by atoms with Crippen LogP contribution in [-0.4, -0.2) is 17.0 Å². The molecule has 1 aliphatic rings. The number of carbonyl (C=O) groups is 1. The Hall–Kier alpha value is -2.36. The van der Waals surface area contributed by atoms with Gasteiger partial charge in [-0.15, -0.1) is 0 Å². The highest BCUT2D eigenvalue weighted by Crippen LogP contribution is 2.39. The quantitative estimate of drug-likeness (QED) is 0.930. The van der Waals surface area contributed by atoms with E-state index in [1.54, 1.807) is 19.3 Å². The first-order valence-electron chi connectivity index (χ1n) is 9.02. The zero-order valence-electron chi connectivity index (χ0n) is 15.0. The summed E-state index contributed by atoms with van der Waals surface area (Å²) in [6.45, 7) is 2.73. The molecular formula is C21H26N2O2. The normalized spacial score (nSPS) is 16.4. The topological polar surface area (TPSA) is 51.1 Å². The summed E-state index contributed by atoms with van der Waals surface area (Å²) in [5, 5.41) is 3.09. The molecule has 3 rings (SSSR count). The first-order valence-corrected chi connectivity index (χ1v) is 9.02. The summed E-state index contributed by atoms with van der Waals surface area (Å²) in [5.41, 5.74) is 2.83. The third-order valence-corrected chi connectivity index (χ3v) is 5.39. The molecule has 0 aliphatic heterocycles. The van der Waals surface area contributed by atoms with Gasteiger partial charge in [-0.05, 0) is 31.4 Å². The Bertz CT molecular complexity index is 817. The Balaban J connectivity index is 1.80. The summed E-state index contributed by atoms with van der Waals surface area (Å²) in [6, 6.07) is 11.7. The van der Waals surface area contributed by atoms with Gasteiger partial charge in [0, 0.05) is 36.8 Å². The molecule has 1 saturated carbocycles. The number of hydrogen-bond acceptors (Lipinski definition) is 2. The Kier molecular flexibility index (Phi) is 5.07. The minimum absolute atomic E-state index is 0.000326. The highest BCUT2D eigenvalue weighted by molar-refractivity contribution is 5.94. The summed E-state index contributed by atoms with van der Waals surface area (Å²) in [4.78, 5) is 24.3. The van der Waals surface area contributed by atoms with E-state index in [0.717, 1.165) is 12.8 Å². The van der Waals surface area contributed by atoms with Crippen LogP contribution in [0.3, 0.4) is 0 Å². The second-order valence-corrected chi connectivity index (χ2v) is 7.26. The van der Waals surface area contributed by atoms with E-state index in [1.165, 1.54) is 41.0 Å². The van der Waals surface area contributed by atoms with Crippen molar-refractivity contribution in [2.45, 2.75) is 44.4 Å². The third kappa shape index (κ3) is 3.84. The number of aromatic nitrogens is 1. The van der Waals surface area contributed by atoms with Crippen molar-refractivity contribution < 1.29 is 4.79 Å². The van der Waals surface area contributed by atoms with E-state index in [2.05, 4.69) is 36.5 Å². The van der Waals surface area contributed by atoms with E-state index < -0.39 is 0 Å². The summed E-state index contributed by atoms with van der Waals surface area (Å²) in [7, 11) is 1.68. The van der Waals surface area contributed by atoms with Crippen LogP contribution in [0, 0.1) is 6.92 Å². The molecule has 1 aromatic carbocycles. The van der Waals surface area contributed by atoms with Gasteiger partial charge in [0.25, 0.3) is 11.5 Å². The smallest absolute Gasteiger partial charge is 0.251 e. The van der Waals surface area contributed by atoms with E-state index in [-0.39, 0.29) is 16.9 Å². The van der Waals surface area contributed by atoms with Gasteiger partial charge in [-0.1, -0.05) is 49.1 Å². The van der Waals surface area contributed by atoms with Crippen LogP contribution in [0.2, 0.25) is 0 Å². The molecule has 4 nitrogen and oxygen atoms in total. The minimum Gasteiger partial charge on any atom is -0.351 e. The number of carbonyl (C=O) groups excluding carboxylic acids is 1. The fourth-order valence-electron chi connectivity index (χ4n) is 3.81. The highest BCUT2D eigenvalue weighted by Gasteiger charge is 2.34. The first-order chi connectivity index (χ1) is 12.0. The molecule has 0 unspecified atom stereocenters. The second kappa shape index (κ2) is 7.26. The minimum atomic E-state index is -0.171. The van der Waals surface area contributed by atoms with Crippen LogP contribution in [0.4, 0.5) is 0 Å². The maximum atomic E-state index is 12.5. The van der Waals surface area contributed by atoms with Crippen molar-refractivity contribution >= 4 is 5.91 Å². The molecule has 0 saturated heterocycles. The average Bonchev–Trinajstić information content (AvgIpc) is 2.63. The van der Waals surface area contributed by atoms with E-state index >= 15 is 0 Å². The van der Waals surface area contributed by atoms with Crippen LogP contribution in [-0.2, 0) is 12.5 Å². The highest BCUT2D eigenvalue weighted by atomic mass is 16.2. The van der Waals surface area contributed by atoms with Crippen LogP contribution >= 0.6 is 0 Å². The van der Waals surface area contributed by atoms with Crippen molar-refractivity contribution in [2.75, 3.05) is 6.54 Å². The fraction of sp³-hybridized carbons (Fsp3) is 0.429. The van der Waals surface area contributed by atoms with Crippen LogP contribution in [0.5, 0.6) is 0 Å². The van der Waals surface area contributed by atoms with Crippen LogP contribution < -0.4 is 10.9 Å². The maximum absolute atomic E-state index is 12.5. The summed E-state index contributed by atoms with van der Waals surface area (Å²) >= 11 is 0. The zero-order chi connectivity index (χ0) is 17.9. The number of nitrogens with one attached hydrogen (secondary N) is 1. The standard InChI is InChI=1S/C21H26N2O2/c1-16-7-6-8-18(13-16)21(10-4-3-5-11-21)15-22-20(25)17-9-12-23(2)19(24)14-17/h6-9,12-14H,3-5,10-11,15H2,1-2H3,(H,22,25). The third-order valence-electron chi connectivity index (χ3n) is 5.39. The molecule has 4 heteroatoms. The number of hydrogen-bond donors (Lipinski definition) is 1. The number of rotatable bonds is 4. The van der Waals surface area contributed by atoms with Gasteiger partial charge in [0.15, 0.2) is 0 Å². The molecule has 1 heterocycles. The lowest BCUT2D eigenvalue weighted by molar-refractivity contribution is 0.0936. The number of pyridine rings is 1. The molecule has 0 spiro atoms. The molecular weight excluding hydrogens is 312 g/mol. The van der Waals surface area contributed by atoms with E-state index in [4.69, 9.17) is 0 Å². The van der Waals surface area contributed by atoms with Crippen molar-refractivity contribution in [2.24, 2.45) is 7.05 Å².